The molecule has 0 saturated heterocycles. The number of hydrogen-bond acceptors (Lipinski definition) is 3. The molecule has 21 heavy (non-hydrogen) atoms. The molecule has 2 rings (SSSR count). The third kappa shape index (κ3) is 3.25. The van der Waals surface area contributed by atoms with Gasteiger partial charge in [0.25, 0.3) is 5.91 Å². The van der Waals surface area contributed by atoms with Crippen molar-refractivity contribution in [2.45, 2.75) is 16.7 Å². The van der Waals surface area contributed by atoms with Crippen molar-refractivity contribution in [3.8, 4) is 0 Å². The highest BCUT2D eigenvalue weighted by molar-refractivity contribution is 7.85. The number of amides is 1. The number of hydrogen-bond donors (Lipinski definition) is 1. The van der Waals surface area contributed by atoms with Gasteiger partial charge in [-0.3, -0.25) is 9.59 Å². The molecule has 0 saturated carbocycles. The van der Waals surface area contributed by atoms with Gasteiger partial charge >= 0.3 is 0 Å². The lowest BCUT2D eigenvalue weighted by molar-refractivity contribution is 0.0959. The Kier molecular flexibility index (Phi) is 4.65. The standard InChI is InChI=1S/C16H15NO3S/c1-11(18)12-7-9-13(10-8-12)21(20)15-6-4-3-5-14(15)16(19)17-2/h3-10H,1-2H3,(H,17,19). The fourth-order valence-electron chi connectivity index (χ4n) is 1.89. The highest BCUT2D eigenvalue weighted by atomic mass is 32.2. The van der Waals surface area contributed by atoms with Crippen LogP contribution in [0.25, 0.3) is 0 Å². The number of Topliss-reactive ketones (excluding diaryl/α,β-unsaturated/α-hetero) is 1. The maximum atomic E-state index is 12.6. The van der Waals surface area contributed by atoms with Gasteiger partial charge in [-0.05, 0) is 31.2 Å². The number of rotatable bonds is 4. The van der Waals surface area contributed by atoms with Gasteiger partial charge in [0, 0.05) is 17.5 Å². The van der Waals surface area contributed by atoms with Gasteiger partial charge in [-0.1, -0.05) is 24.3 Å². The van der Waals surface area contributed by atoms with Crippen molar-refractivity contribution in [1.82, 2.24) is 5.32 Å². The van der Waals surface area contributed by atoms with E-state index in [1.807, 2.05) is 0 Å². The third-order valence-corrected chi connectivity index (χ3v) is 4.49. The summed E-state index contributed by atoms with van der Waals surface area (Å²) in [5, 5.41) is 2.53. The van der Waals surface area contributed by atoms with E-state index in [0.29, 0.717) is 20.9 Å². The third-order valence-electron chi connectivity index (χ3n) is 3.03. The lowest BCUT2D eigenvalue weighted by Crippen LogP contribution is -2.19. The number of carbonyl (C=O) groups is 2. The molecule has 108 valence electrons. The predicted molar refractivity (Wildman–Crippen MR) is 81.0 cm³/mol. The van der Waals surface area contributed by atoms with Crippen LogP contribution in [0.1, 0.15) is 27.6 Å². The van der Waals surface area contributed by atoms with Crippen LogP contribution in [-0.2, 0) is 10.8 Å². The maximum absolute atomic E-state index is 12.6. The molecule has 0 fully saturated rings. The molecule has 2 aromatic rings. The second-order valence-electron chi connectivity index (χ2n) is 4.42. The van der Waals surface area contributed by atoms with Gasteiger partial charge in [0.2, 0.25) is 0 Å². The lowest BCUT2D eigenvalue weighted by Gasteiger charge is -2.08. The Hall–Kier alpha value is -2.27. The summed E-state index contributed by atoms with van der Waals surface area (Å²) in [7, 11) is 0.0573. The van der Waals surface area contributed by atoms with Gasteiger partial charge in [-0.25, -0.2) is 4.21 Å². The molecule has 0 aliphatic heterocycles. The summed E-state index contributed by atoms with van der Waals surface area (Å²) in [6, 6.07) is 13.3. The summed E-state index contributed by atoms with van der Waals surface area (Å²) >= 11 is 0. The van der Waals surface area contributed by atoms with E-state index in [1.54, 1.807) is 48.5 Å². The van der Waals surface area contributed by atoms with Gasteiger partial charge in [0.05, 0.1) is 21.3 Å². The number of ketones is 1. The summed E-state index contributed by atoms with van der Waals surface area (Å²) in [5.74, 6) is -0.322. The topological polar surface area (TPSA) is 63.2 Å². The summed E-state index contributed by atoms with van der Waals surface area (Å²) in [6.07, 6.45) is 0. The first-order chi connectivity index (χ1) is 10.0. The Morgan fingerprint density at radius 1 is 1.00 bits per heavy atom. The van der Waals surface area contributed by atoms with E-state index in [-0.39, 0.29) is 11.7 Å². The molecule has 0 aromatic heterocycles. The normalized spacial score (nSPS) is 11.7. The van der Waals surface area contributed by atoms with Crippen LogP contribution in [0.15, 0.2) is 58.3 Å². The second-order valence-corrected chi connectivity index (χ2v) is 5.87. The average Bonchev–Trinajstić information content (AvgIpc) is 2.53. The number of carbonyl (C=O) groups excluding carboxylic acids is 2. The average molecular weight is 301 g/mol. The van der Waals surface area contributed by atoms with Crippen molar-refractivity contribution in [2.75, 3.05) is 7.05 Å². The van der Waals surface area contributed by atoms with E-state index in [0.717, 1.165) is 0 Å². The highest BCUT2D eigenvalue weighted by Gasteiger charge is 2.16. The molecule has 4 nitrogen and oxygen atoms in total. The second kappa shape index (κ2) is 6.45. The molecular weight excluding hydrogens is 286 g/mol. The zero-order valence-corrected chi connectivity index (χ0v) is 12.6. The highest BCUT2D eigenvalue weighted by Crippen LogP contribution is 2.20. The molecule has 1 atom stereocenters. The van der Waals surface area contributed by atoms with Crippen molar-refractivity contribution in [3.05, 3.63) is 59.7 Å². The van der Waals surface area contributed by atoms with Crippen molar-refractivity contribution in [3.63, 3.8) is 0 Å². The minimum atomic E-state index is -1.47. The number of benzene rings is 2. The van der Waals surface area contributed by atoms with Crippen molar-refractivity contribution >= 4 is 22.5 Å². The molecule has 1 unspecified atom stereocenters. The first-order valence-corrected chi connectivity index (χ1v) is 7.53. The molecule has 0 spiro atoms. The molecular formula is C16H15NO3S. The molecule has 0 aliphatic rings. The van der Waals surface area contributed by atoms with Crippen LogP contribution in [0.2, 0.25) is 0 Å². The van der Waals surface area contributed by atoms with Crippen LogP contribution in [0.3, 0.4) is 0 Å². The number of nitrogens with one attached hydrogen (secondary N) is 1. The zero-order valence-electron chi connectivity index (χ0n) is 11.8. The van der Waals surface area contributed by atoms with E-state index in [9.17, 15) is 13.8 Å². The van der Waals surface area contributed by atoms with Crippen molar-refractivity contribution < 1.29 is 13.8 Å². The van der Waals surface area contributed by atoms with Crippen molar-refractivity contribution in [2.24, 2.45) is 0 Å². The summed E-state index contributed by atoms with van der Waals surface area (Å²) in [6.45, 7) is 1.48. The first-order valence-electron chi connectivity index (χ1n) is 6.38. The van der Waals surface area contributed by atoms with Crippen LogP contribution in [0.4, 0.5) is 0 Å². The smallest absolute Gasteiger partial charge is 0.252 e. The van der Waals surface area contributed by atoms with Gasteiger partial charge in [-0.2, -0.15) is 0 Å². The van der Waals surface area contributed by atoms with E-state index >= 15 is 0 Å². The van der Waals surface area contributed by atoms with Gasteiger partial charge < -0.3 is 5.32 Å². The Balaban J connectivity index is 2.40. The molecule has 1 amide bonds. The van der Waals surface area contributed by atoms with Gasteiger partial charge in [0.15, 0.2) is 5.78 Å². The molecule has 2 aromatic carbocycles. The fourth-order valence-corrected chi connectivity index (χ4v) is 3.09. The molecule has 0 bridgehead atoms. The fraction of sp³-hybridized carbons (Fsp3) is 0.125. The molecule has 0 heterocycles. The Morgan fingerprint density at radius 2 is 1.62 bits per heavy atom. The lowest BCUT2D eigenvalue weighted by atomic mass is 10.2. The van der Waals surface area contributed by atoms with Crippen LogP contribution >= 0.6 is 0 Å². The minimum Gasteiger partial charge on any atom is -0.355 e. The van der Waals surface area contributed by atoms with E-state index in [4.69, 9.17) is 0 Å². The quantitative estimate of drug-likeness (QED) is 0.882. The van der Waals surface area contributed by atoms with Gasteiger partial charge in [-0.15, -0.1) is 0 Å². The zero-order chi connectivity index (χ0) is 15.4. The van der Waals surface area contributed by atoms with E-state index < -0.39 is 10.8 Å². The monoisotopic (exact) mass is 301 g/mol. The van der Waals surface area contributed by atoms with Gasteiger partial charge in [0.1, 0.15) is 0 Å². The van der Waals surface area contributed by atoms with Crippen LogP contribution < -0.4 is 5.32 Å². The van der Waals surface area contributed by atoms with E-state index in [1.165, 1.54) is 14.0 Å². The SMILES string of the molecule is CNC(=O)c1ccccc1S(=O)c1ccc(C(C)=O)cc1. The molecule has 1 N–H and O–H groups in total. The van der Waals surface area contributed by atoms with E-state index in [2.05, 4.69) is 5.32 Å². The first kappa shape index (κ1) is 15.1. The molecule has 0 aliphatic carbocycles. The largest absolute Gasteiger partial charge is 0.355 e. The van der Waals surface area contributed by atoms with Crippen LogP contribution in [-0.4, -0.2) is 22.9 Å². The minimum absolute atomic E-state index is 0.0434. The Bertz CT molecular complexity index is 708. The summed E-state index contributed by atoms with van der Waals surface area (Å²) < 4.78 is 12.6. The summed E-state index contributed by atoms with van der Waals surface area (Å²) in [5.41, 5.74) is 0.948. The summed E-state index contributed by atoms with van der Waals surface area (Å²) in [4.78, 5) is 24.1. The predicted octanol–water partition coefficient (Wildman–Crippen LogP) is 2.42. The molecule has 5 heteroatoms. The Morgan fingerprint density at radius 3 is 2.19 bits per heavy atom. The molecule has 0 radical (unpaired) electrons. The van der Waals surface area contributed by atoms with Crippen molar-refractivity contribution in [1.29, 1.82) is 0 Å². The maximum Gasteiger partial charge on any atom is 0.252 e. The Labute approximate surface area is 125 Å². The van der Waals surface area contributed by atoms with Crippen LogP contribution in [0, 0.1) is 0 Å². The van der Waals surface area contributed by atoms with Crippen LogP contribution in [0.5, 0.6) is 0 Å².